The number of carbonyl (C=O) groups is 1. The van der Waals surface area contributed by atoms with Gasteiger partial charge in [0.15, 0.2) is 0 Å². The molecular formula is C22H19ClN2O. The Bertz CT molecular complexity index is 955. The van der Waals surface area contributed by atoms with E-state index in [1.54, 1.807) is 0 Å². The van der Waals surface area contributed by atoms with Crippen LogP contribution in [0.5, 0.6) is 0 Å². The fourth-order valence-electron chi connectivity index (χ4n) is 3.54. The Labute approximate surface area is 158 Å². The third kappa shape index (κ3) is 3.23. The van der Waals surface area contributed by atoms with Crippen molar-refractivity contribution in [2.24, 2.45) is 4.99 Å². The number of aryl methyl sites for hydroxylation is 1. The molecule has 0 radical (unpaired) electrons. The summed E-state index contributed by atoms with van der Waals surface area (Å²) in [4.78, 5) is 19.0. The summed E-state index contributed by atoms with van der Waals surface area (Å²) in [5.41, 5.74) is 6.34. The van der Waals surface area contributed by atoms with Crippen LogP contribution < -0.4 is 0 Å². The van der Waals surface area contributed by atoms with Crippen molar-refractivity contribution in [3.63, 3.8) is 0 Å². The molecule has 0 N–H and O–H groups in total. The van der Waals surface area contributed by atoms with Crippen LogP contribution in [-0.4, -0.2) is 17.0 Å². The van der Waals surface area contributed by atoms with Gasteiger partial charge in [-0.1, -0.05) is 35.9 Å². The number of fused-ring (bicyclic) bond motifs is 1. The second kappa shape index (κ2) is 6.93. The molecule has 130 valence electrons. The minimum Gasteiger partial charge on any atom is -0.330 e. The predicted octanol–water partition coefficient (Wildman–Crippen LogP) is 5.18. The van der Waals surface area contributed by atoms with Crippen molar-refractivity contribution in [1.82, 2.24) is 4.90 Å². The third-order valence-corrected chi connectivity index (χ3v) is 5.04. The molecular weight excluding hydrogens is 344 g/mol. The van der Waals surface area contributed by atoms with Crippen LogP contribution in [0.1, 0.15) is 39.0 Å². The average Bonchev–Trinajstić information content (AvgIpc) is 2.80. The third-order valence-electron chi connectivity index (χ3n) is 4.79. The van der Waals surface area contributed by atoms with Crippen LogP contribution in [0.25, 0.3) is 5.57 Å². The highest BCUT2D eigenvalue weighted by atomic mass is 35.5. The second-order valence-electron chi connectivity index (χ2n) is 6.66. The summed E-state index contributed by atoms with van der Waals surface area (Å²) in [7, 11) is 0. The maximum absolute atomic E-state index is 12.9. The fraction of sp³-hybridized carbons (Fsp3) is 0.182. The molecule has 0 saturated heterocycles. The lowest BCUT2D eigenvalue weighted by Gasteiger charge is -2.15. The van der Waals surface area contributed by atoms with E-state index in [4.69, 9.17) is 11.6 Å². The minimum absolute atomic E-state index is 0.104. The van der Waals surface area contributed by atoms with Gasteiger partial charge >= 0.3 is 0 Å². The number of rotatable bonds is 3. The largest absolute Gasteiger partial charge is 0.330 e. The molecule has 2 aromatic carbocycles. The number of aliphatic imine (C=N–C) groups is 1. The number of halogens is 1. The normalized spacial score (nSPS) is 15.8. The topological polar surface area (TPSA) is 32.7 Å². The van der Waals surface area contributed by atoms with E-state index in [-0.39, 0.29) is 5.91 Å². The zero-order chi connectivity index (χ0) is 18.1. The van der Waals surface area contributed by atoms with E-state index < -0.39 is 0 Å². The summed E-state index contributed by atoms with van der Waals surface area (Å²) >= 11 is 5.95. The van der Waals surface area contributed by atoms with E-state index in [0.717, 1.165) is 39.8 Å². The van der Waals surface area contributed by atoms with Crippen molar-refractivity contribution in [2.75, 3.05) is 0 Å². The summed E-state index contributed by atoms with van der Waals surface area (Å²) in [5, 5.41) is 0.707. The molecule has 0 saturated carbocycles. The Morgan fingerprint density at radius 1 is 1.19 bits per heavy atom. The van der Waals surface area contributed by atoms with Gasteiger partial charge in [-0.15, -0.1) is 0 Å². The van der Waals surface area contributed by atoms with E-state index in [1.807, 2.05) is 54.6 Å². The molecule has 4 heteroatoms. The van der Waals surface area contributed by atoms with Crippen molar-refractivity contribution in [3.05, 3.63) is 87.6 Å². The molecule has 0 fully saturated rings. The molecule has 0 aliphatic carbocycles. The summed E-state index contributed by atoms with van der Waals surface area (Å²) < 4.78 is 0. The van der Waals surface area contributed by atoms with Crippen LogP contribution >= 0.6 is 11.6 Å². The molecule has 0 unspecified atom stereocenters. The Morgan fingerprint density at radius 3 is 2.81 bits per heavy atom. The Hall–Kier alpha value is -2.65. The van der Waals surface area contributed by atoms with Gasteiger partial charge in [0.25, 0.3) is 5.91 Å². The molecule has 0 aromatic heterocycles. The molecule has 0 bridgehead atoms. The number of hydrogen-bond acceptors (Lipinski definition) is 2. The standard InChI is InChI=1S/C22H19ClN2O/c1-15-11-18(17-3-2-9-24-10-8-17)12-19-14-25(22(26)21(15)19)13-16-4-6-20(23)7-5-16/h3-12H,2,13-14H2,1H3. The first kappa shape index (κ1) is 16.8. The van der Waals surface area contributed by atoms with Gasteiger partial charge in [0, 0.05) is 42.5 Å². The summed E-state index contributed by atoms with van der Waals surface area (Å²) in [6.45, 7) is 3.25. The zero-order valence-corrected chi connectivity index (χ0v) is 15.3. The molecule has 0 atom stereocenters. The average molecular weight is 363 g/mol. The SMILES string of the molecule is Cc1cc(C2=CCC=NC=C2)cc2c1C(=O)N(Cc1ccc(Cl)cc1)C2. The van der Waals surface area contributed by atoms with Crippen LogP contribution in [0.3, 0.4) is 0 Å². The number of benzene rings is 2. The van der Waals surface area contributed by atoms with Gasteiger partial charge in [-0.3, -0.25) is 9.79 Å². The number of amides is 1. The van der Waals surface area contributed by atoms with E-state index >= 15 is 0 Å². The van der Waals surface area contributed by atoms with Gasteiger partial charge in [0.1, 0.15) is 0 Å². The van der Waals surface area contributed by atoms with Crippen LogP contribution in [-0.2, 0) is 13.1 Å². The summed E-state index contributed by atoms with van der Waals surface area (Å²) in [6, 6.07) is 11.9. The quantitative estimate of drug-likeness (QED) is 0.740. The fourth-order valence-corrected chi connectivity index (χ4v) is 3.66. The van der Waals surface area contributed by atoms with Crippen LogP contribution in [0.2, 0.25) is 5.02 Å². The zero-order valence-electron chi connectivity index (χ0n) is 14.6. The first-order valence-corrected chi connectivity index (χ1v) is 9.05. The highest BCUT2D eigenvalue weighted by Gasteiger charge is 2.29. The first-order valence-electron chi connectivity index (χ1n) is 8.68. The number of nitrogens with zero attached hydrogens (tertiary/aromatic N) is 2. The van der Waals surface area contributed by atoms with Gasteiger partial charge < -0.3 is 4.90 Å². The molecule has 0 spiro atoms. The minimum atomic E-state index is 0.104. The van der Waals surface area contributed by atoms with Crippen LogP contribution in [0.15, 0.2) is 59.7 Å². The highest BCUT2D eigenvalue weighted by molar-refractivity contribution is 6.30. The molecule has 2 aromatic rings. The lowest BCUT2D eigenvalue weighted by atomic mass is 9.95. The molecule has 2 aliphatic heterocycles. The molecule has 2 heterocycles. The van der Waals surface area contributed by atoms with Crippen LogP contribution in [0, 0.1) is 6.92 Å². The number of carbonyl (C=O) groups excluding carboxylic acids is 1. The van der Waals surface area contributed by atoms with Crippen molar-refractivity contribution < 1.29 is 4.79 Å². The van der Waals surface area contributed by atoms with E-state index in [9.17, 15) is 4.79 Å². The van der Waals surface area contributed by atoms with Gasteiger partial charge in [0.05, 0.1) is 0 Å². The van der Waals surface area contributed by atoms with E-state index in [1.165, 1.54) is 0 Å². The predicted molar refractivity (Wildman–Crippen MR) is 106 cm³/mol. The Morgan fingerprint density at radius 2 is 2.00 bits per heavy atom. The summed E-state index contributed by atoms with van der Waals surface area (Å²) in [5.74, 6) is 0.104. The maximum atomic E-state index is 12.9. The molecule has 4 rings (SSSR count). The van der Waals surface area contributed by atoms with Crippen LogP contribution in [0.4, 0.5) is 0 Å². The van der Waals surface area contributed by atoms with Crippen molar-refractivity contribution in [2.45, 2.75) is 26.4 Å². The lowest BCUT2D eigenvalue weighted by molar-refractivity contribution is 0.0766. The Balaban J connectivity index is 1.62. The molecule has 1 amide bonds. The van der Waals surface area contributed by atoms with Gasteiger partial charge in [-0.2, -0.15) is 0 Å². The van der Waals surface area contributed by atoms with Gasteiger partial charge in [0.2, 0.25) is 0 Å². The van der Waals surface area contributed by atoms with Gasteiger partial charge in [-0.25, -0.2) is 0 Å². The second-order valence-corrected chi connectivity index (χ2v) is 7.09. The van der Waals surface area contributed by atoms with Crippen molar-refractivity contribution in [1.29, 1.82) is 0 Å². The van der Waals surface area contributed by atoms with E-state index in [0.29, 0.717) is 18.1 Å². The molecule has 3 nitrogen and oxygen atoms in total. The number of allylic oxidation sites excluding steroid dienone is 3. The summed E-state index contributed by atoms with van der Waals surface area (Å²) in [6.07, 6.45) is 8.71. The lowest BCUT2D eigenvalue weighted by Crippen LogP contribution is -2.23. The van der Waals surface area contributed by atoms with Gasteiger partial charge in [-0.05, 0) is 59.0 Å². The first-order chi connectivity index (χ1) is 12.6. The van der Waals surface area contributed by atoms with Crippen molar-refractivity contribution in [3.8, 4) is 0 Å². The Kier molecular flexibility index (Phi) is 4.48. The highest BCUT2D eigenvalue weighted by Crippen LogP contribution is 2.31. The molecule has 26 heavy (non-hydrogen) atoms. The molecule has 2 aliphatic rings. The van der Waals surface area contributed by atoms with E-state index in [2.05, 4.69) is 23.2 Å². The maximum Gasteiger partial charge on any atom is 0.255 e. The van der Waals surface area contributed by atoms with Crippen molar-refractivity contribution >= 4 is 29.3 Å². The monoisotopic (exact) mass is 362 g/mol. The number of hydrogen-bond donors (Lipinski definition) is 0. The smallest absolute Gasteiger partial charge is 0.255 e.